The highest BCUT2D eigenvalue weighted by atomic mass is 16.1. The van der Waals surface area contributed by atoms with Crippen molar-refractivity contribution in [3.05, 3.63) is 51.3 Å². The number of rotatable bonds is 5. The van der Waals surface area contributed by atoms with Crippen LogP contribution in [0.3, 0.4) is 0 Å². The molecule has 0 fully saturated rings. The molecule has 6 nitrogen and oxygen atoms in total. The summed E-state index contributed by atoms with van der Waals surface area (Å²) in [5, 5.41) is 18.7. The van der Waals surface area contributed by atoms with Crippen LogP contribution >= 0.6 is 0 Å². The Kier molecular flexibility index (Phi) is 5.82. The number of H-pyrrole nitrogens is 1. The number of hydrogen-bond donors (Lipinski definition) is 2. The van der Waals surface area contributed by atoms with Gasteiger partial charge in [0.15, 0.2) is 0 Å². The van der Waals surface area contributed by atoms with E-state index in [0.29, 0.717) is 17.6 Å². The van der Waals surface area contributed by atoms with E-state index in [1.807, 2.05) is 36.4 Å². The lowest BCUT2D eigenvalue weighted by molar-refractivity contribution is 0.166. The van der Waals surface area contributed by atoms with Crippen molar-refractivity contribution in [2.45, 2.75) is 46.3 Å². The minimum Gasteiger partial charge on any atom is -0.384 e. The van der Waals surface area contributed by atoms with Gasteiger partial charge in [0.25, 0.3) is 5.56 Å². The minimum absolute atomic E-state index is 0.0265. The fraction of sp³-hybridized carbons (Fsp3) is 0.350. The van der Waals surface area contributed by atoms with Crippen LogP contribution in [-0.4, -0.2) is 22.0 Å². The van der Waals surface area contributed by atoms with Gasteiger partial charge in [0.2, 0.25) is 0 Å². The molecular weight excluding hydrogens is 326 g/mol. The monoisotopic (exact) mass is 349 g/mol. The molecule has 0 spiro atoms. The fourth-order valence-electron chi connectivity index (χ4n) is 3.08. The van der Waals surface area contributed by atoms with Crippen LogP contribution in [-0.2, 0) is 6.54 Å². The van der Waals surface area contributed by atoms with Crippen molar-refractivity contribution in [3.63, 3.8) is 0 Å². The topological polar surface area (TPSA) is 110 Å². The molecule has 0 saturated heterocycles. The first-order valence-corrected chi connectivity index (χ1v) is 8.51. The lowest BCUT2D eigenvalue weighted by Crippen LogP contribution is -2.36. The van der Waals surface area contributed by atoms with Crippen molar-refractivity contribution in [3.8, 4) is 23.3 Å². The second-order valence-electron chi connectivity index (χ2n) is 6.77. The van der Waals surface area contributed by atoms with Crippen molar-refractivity contribution >= 4 is 5.82 Å². The summed E-state index contributed by atoms with van der Waals surface area (Å²) in [6, 6.07) is 12.2. The summed E-state index contributed by atoms with van der Waals surface area (Å²) >= 11 is 0. The van der Waals surface area contributed by atoms with Gasteiger partial charge in [-0.3, -0.25) is 9.69 Å². The molecule has 1 aromatic heterocycles. The fourth-order valence-corrected chi connectivity index (χ4v) is 3.08. The van der Waals surface area contributed by atoms with E-state index in [-0.39, 0.29) is 22.5 Å². The van der Waals surface area contributed by atoms with Crippen LogP contribution < -0.4 is 11.3 Å². The van der Waals surface area contributed by atoms with Crippen LogP contribution in [0.15, 0.2) is 29.1 Å². The predicted octanol–water partition coefficient (Wildman–Crippen LogP) is 2.99. The molecule has 1 aromatic carbocycles. The Hall–Kier alpha value is -3.09. The van der Waals surface area contributed by atoms with E-state index in [9.17, 15) is 15.3 Å². The Labute approximate surface area is 153 Å². The average Bonchev–Trinajstić information content (AvgIpc) is 2.59. The number of nitrogen functional groups attached to an aromatic ring is 1. The molecule has 6 heteroatoms. The number of nitrogens with zero attached hydrogens (tertiary/aromatic N) is 3. The Morgan fingerprint density at radius 1 is 1.04 bits per heavy atom. The molecule has 0 aliphatic rings. The molecule has 2 aromatic rings. The van der Waals surface area contributed by atoms with Crippen LogP contribution in [0, 0.1) is 22.7 Å². The van der Waals surface area contributed by atoms with Gasteiger partial charge in [0, 0.05) is 24.2 Å². The van der Waals surface area contributed by atoms with Crippen molar-refractivity contribution in [2.24, 2.45) is 0 Å². The maximum Gasteiger partial charge on any atom is 0.268 e. The summed E-state index contributed by atoms with van der Waals surface area (Å²) in [7, 11) is 0. The molecule has 0 bridgehead atoms. The molecule has 1 heterocycles. The second kappa shape index (κ2) is 7.86. The van der Waals surface area contributed by atoms with Crippen molar-refractivity contribution in [1.29, 1.82) is 10.5 Å². The predicted molar refractivity (Wildman–Crippen MR) is 102 cm³/mol. The van der Waals surface area contributed by atoms with Gasteiger partial charge in [-0.25, -0.2) is 0 Å². The summed E-state index contributed by atoms with van der Waals surface area (Å²) < 4.78 is 0. The summed E-state index contributed by atoms with van der Waals surface area (Å²) in [6.07, 6.45) is 0. The number of nitriles is 2. The molecule has 0 aliphatic heterocycles. The highest BCUT2D eigenvalue weighted by Gasteiger charge is 2.18. The van der Waals surface area contributed by atoms with E-state index in [4.69, 9.17) is 5.73 Å². The van der Waals surface area contributed by atoms with Crippen molar-refractivity contribution in [2.75, 3.05) is 5.73 Å². The Bertz CT molecular complexity index is 919. The smallest absolute Gasteiger partial charge is 0.268 e. The largest absolute Gasteiger partial charge is 0.384 e. The lowest BCUT2D eigenvalue weighted by Gasteiger charge is -2.30. The molecule has 26 heavy (non-hydrogen) atoms. The van der Waals surface area contributed by atoms with Crippen molar-refractivity contribution in [1.82, 2.24) is 9.88 Å². The SMILES string of the molecule is CC(C)N(Cc1ccc(-c2c(C#N)c(N)[nH]c(=O)c2C#N)cc1)C(C)C. The van der Waals surface area contributed by atoms with Gasteiger partial charge >= 0.3 is 0 Å². The zero-order chi connectivity index (χ0) is 19.4. The Morgan fingerprint density at radius 2 is 1.58 bits per heavy atom. The van der Waals surface area contributed by atoms with E-state index in [1.165, 1.54) is 0 Å². The molecular formula is C20H23N5O. The van der Waals surface area contributed by atoms with E-state index in [0.717, 1.165) is 12.1 Å². The van der Waals surface area contributed by atoms with Crippen molar-refractivity contribution < 1.29 is 0 Å². The number of benzene rings is 1. The standard InChI is InChI=1S/C20H23N5O/c1-12(2)25(13(3)4)11-14-5-7-15(8-6-14)18-16(9-21)19(23)24-20(26)17(18)10-22/h5-8,12-13H,11H2,1-4H3,(H3,23,24,26). The van der Waals surface area contributed by atoms with Crippen LogP contribution in [0.1, 0.15) is 44.4 Å². The molecule has 3 N–H and O–H groups in total. The molecule has 0 saturated carbocycles. The number of aromatic amines is 1. The average molecular weight is 349 g/mol. The van der Waals surface area contributed by atoms with E-state index in [2.05, 4.69) is 37.6 Å². The molecule has 0 radical (unpaired) electrons. The number of hydrogen-bond acceptors (Lipinski definition) is 5. The van der Waals surface area contributed by atoms with Gasteiger partial charge in [-0.15, -0.1) is 0 Å². The summed E-state index contributed by atoms with van der Waals surface area (Å²) in [6.45, 7) is 9.43. The Balaban J connectivity index is 2.49. The third-order valence-corrected chi connectivity index (χ3v) is 4.40. The highest BCUT2D eigenvalue weighted by molar-refractivity contribution is 5.80. The second-order valence-corrected chi connectivity index (χ2v) is 6.77. The maximum absolute atomic E-state index is 12.0. The number of nitrogens with two attached hydrogens (primary N) is 1. The normalized spacial score (nSPS) is 11.0. The van der Waals surface area contributed by atoms with Crippen LogP contribution in [0.2, 0.25) is 0 Å². The van der Waals surface area contributed by atoms with Gasteiger partial charge in [0.05, 0.1) is 0 Å². The molecule has 2 rings (SSSR count). The van der Waals surface area contributed by atoms with Gasteiger partial charge in [-0.05, 0) is 38.8 Å². The summed E-state index contributed by atoms with van der Waals surface area (Å²) in [4.78, 5) is 16.7. The molecule has 0 atom stereocenters. The number of pyridine rings is 1. The third-order valence-electron chi connectivity index (χ3n) is 4.40. The zero-order valence-electron chi connectivity index (χ0n) is 15.5. The van der Waals surface area contributed by atoms with Gasteiger partial charge in [0.1, 0.15) is 29.1 Å². The molecule has 0 amide bonds. The van der Waals surface area contributed by atoms with Gasteiger partial charge < -0.3 is 10.7 Å². The van der Waals surface area contributed by atoms with E-state index >= 15 is 0 Å². The number of nitrogens with one attached hydrogen (secondary N) is 1. The number of aromatic nitrogens is 1. The first-order chi connectivity index (χ1) is 12.3. The first kappa shape index (κ1) is 19.2. The van der Waals surface area contributed by atoms with E-state index < -0.39 is 5.56 Å². The molecule has 0 aliphatic carbocycles. The molecule has 0 unspecified atom stereocenters. The van der Waals surface area contributed by atoms with Crippen LogP contribution in [0.4, 0.5) is 5.82 Å². The first-order valence-electron chi connectivity index (χ1n) is 8.51. The van der Waals surface area contributed by atoms with Gasteiger partial charge in [-0.1, -0.05) is 24.3 Å². The third kappa shape index (κ3) is 3.77. The minimum atomic E-state index is -0.589. The summed E-state index contributed by atoms with van der Waals surface area (Å²) in [5.74, 6) is -0.0265. The lowest BCUT2D eigenvalue weighted by atomic mass is 9.95. The summed E-state index contributed by atoms with van der Waals surface area (Å²) in [5.41, 5.74) is 7.21. The zero-order valence-corrected chi connectivity index (χ0v) is 15.5. The number of anilines is 1. The van der Waals surface area contributed by atoms with E-state index in [1.54, 1.807) is 0 Å². The van der Waals surface area contributed by atoms with Crippen LogP contribution in [0.5, 0.6) is 0 Å². The maximum atomic E-state index is 12.0. The Morgan fingerprint density at radius 3 is 2.04 bits per heavy atom. The quantitative estimate of drug-likeness (QED) is 0.862. The van der Waals surface area contributed by atoms with Crippen LogP contribution in [0.25, 0.3) is 11.1 Å². The van der Waals surface area contributed by atoms with Gasteiger partial charge in [-0.2, -0.15) is 10.5 Å². The highest BCUT2D eigenvalue weighted by Crippen LogP contribution is 2.28. The molecule has 134 valence electrons.